The Morgan fingerprint density at radius 1 is 1.23 bits per heavy atom. The van der Waals surface area contributed by atoms with Crippen molar-refractivity contribution in [1.82, 2.24) is 5.32 Å². The maximum atomic E-state index is 11.8. The van der Waals surface area contributed by atoms with E-state index in [1.54, 1.807) is 6.92 Å². The highest BCUT2D eigenvalue weighted by Gasteiger charge is 2.30. The molecule has 0 aromatic carbocycles. The number of esters is 1. The first-order valence-electron chi connectivity index (χ1n) is 7.45. The van der Waals surface area contributed by atoms with Crippen molar-refractivity contribution in [2.45, 2.75) is 52.7 Å². The molecule has 0 rings (SSSR count). The normalized spacial score (nSPS) is 14.4. The van der Waals surface area contributed by atoms with Crippen LogP contribution < -0.4 is 11.1 Å². The van der Waals surface area contributed by atoms with Crippen LogP contribution in [0.15, 0.2) is 0 Å². The molecule has 0 bridgehead atoms. The molecule has 22 heavy (non-hydrogen) atoms. The van der Waals surface area contributed by atoms with Crippen LogP contribution in [0.2, 0.25) is 0 Å². The first kappa shape index (κ1) is 21.0. The fraction of sp³-hybridized carbons (Fsp3) is 0.867. The zero-order valence-corrected chi connectivity index (χ0v) is 15.3. The van der Waals surface area contributed by atoms with Gasteiger partial charge in [0.2, 0.25) is 0 Å². The van der Waals surface area contributed by atoms with Crippen molar-refractivity contribution >= 4 is 23.8 Å². The molecular weight excluding hydrogens is 304 g/mol. The minimum Gasteiger partial charge on any atom is -0.464 e. The molecule has 0 radical (unpaired) electrons. The van der Waals surface area contributed by atoms with Crippen LogP contribution in [0.1, 0.15) is 41.5 Å². The zero-order valence-electron chi connectivity index (χ0n) is 14.5. The summed E-state index contributed by atoms with van der Waals surface area (Å²) in [6.07, 6.45) is -0.444. The van der Waals surface area contributed by atoms with Crippen molar-refractivity contribution in [1.29, 1.82) is 0 Å². The largest absolute Gasteiger partial charge is 0.464 e. The second kappa shape index (κ2) is 9.25. The minimum absolute atomic E-state index is 0.283. The Morgan fingerprint density at radius 3 is 2.32 bits per heavy atom. The second-order valence-electron chi connectivity index (χ2n) is 6.89. The van der Waals surface area contributed by atoms with Gasteiger partial charge in [-0.15, -0.1) is 0 Å². The summed E-state index contributed by atoms with van der Waals surface area (Å²) in [6.45, 7) is 11.9. The van der Waals surface area contributed by atoms with Gasteiger partial charge < -0.3 is 20.5 Å². The third-order valence-corrected chi connectivity index (χ3v) is 3.63. The van der Waals surface area contributed by atoms with E-state index in [1.165, 1.54) is 11.8 Å². The van der Waals surface area contributed by atoms with Crippen LogP contribution in [0.25, 0.3) is 0 Å². The van der Waals surface area contributed by atoms with E-state index < -0.39 is 23.2 Å². The maximum Gasteiger partial charge on any atom is 0.407 e. The van der Waals surface area contributed by atoms with Crippen molar-refractivity contribution in [3.05, 3.63) is 0 Å². The average molecular weight is 334 g/mol. The fourth-order valence-electron chi connectivity index (χ4n) is 1.29. The third-order valence-electron chi connectivity index (χ3n) is 2.33. The lowest BCUT2D eigenvalue weighted by molar-refractivity contribution is -0.149. The molecule has 0 fully saturated rings. The van der Waals surface area contributed by atoms with Crippen molar-refractivity contribution in [2.75, 3.05) is 24.7 Å². The third kappa shape index (κ3) is 10.7. The zero-order chi connectivity index (χ0) is 17.4. The second-order valence-corrected chi connectivity index (χ2v) is 8.00. The standard InChI is InChI=1S/C15H30N2O4S/c1-11(2)9-20-12(18)15(6,16)10-22-8-7-17-13(19)21-14(3,4)5/h11H,7-10,16H2,1-6H3,(H,17,19). The van der Waals surface area contributed by atoms with Crippen LogP contribution in [0, 0.1) is 5.92 Å². The molecule has 1 atom stereocenters. The molecule has 0 aliphatic rings. The Morgan fingerprint density at radius 2 is 1.82 bits per heavy atom. The van der Waals surface area contributed by atoms with Crippen molar-refractivity contribution < 1.29 is 19.1 Å². The molecule has 0 spiro atoms. The lowest BCUT2D eigenvalue weighted by Gasteiger charge is -2.23. The van der Waals surface area contributed by atoms with Crippen molar-refractivity contribution in [2.24, 2.45) is 11.7 Å². The number of amides is 1. The topological polar surface area (TPSA) is 90.6 Å². The van der Waals surface area contributed by atoms with E-state index in [2.05, 4.69) is 5.32 Å². The van der Waals surface area contributed by atoms with Gasteiger partial charge in [-0.05, 0) is 33.6 Å². The number of alkyl carbamates (subject to hydrolysis) is 1. The van der Waals surface area contributed by atoms with Crippen LogP contribution in [0.4, 0.5) is 4.79 Å². The Bertz CT molecular complexity index is 365. The molecular formula is C15H30N2O4S. The summed E-state index contributed by atoms with van der Waals surface area (Å²) < 4.78 is 10.3. The molecule has 0 heterocycles. The van der Waals surface area contributed by atoms with Gasteiger partial charge in [0.1, 0.15) is 11.1 Å². The van der Waals surface area contributed by atoms with E-state index in [1.807, 2.05) is 34.6 Å². The summed E-state index contributed by atoms with van der Waals surface area (Å²) in [5.74, 6) is 0.961. The Labute approximate surface area is 137 Å². The summed E-state index contributed by atoms with van der Waals surface area (Å²) in [4.78, 5) is 23.3. The van der Waals surface area contributed by atoms with Crippen LogP contribution in [0.5, 0.6) is 0 Å². The van der Waals surface area contributed by atoms with Crippen LogP contribution >= 0.6 is 11.8 Å². The number of ether oxygens (including phenoxy) is 2. The van der Waals surface area contributed by atoms with Gasteiger partial charge >= 0.3 is 12.1 Å². The molecule has 1 unspecified atom stereocenters. The van der Waals surface area contributed by atoms with Crippen LogP contribution in [0.3, 0.4) is 0 Å². The highest BCUT2D eigenvalue weighted by Crippen LogP contribution is 2.13. The highest BCUT2D eigenvalue weighted by atomic mass is 32.2. The van der Waals surface area contributed by atoms with Gasteiger partial charge in [0.15, 0.2) is 0 Å². The van der Waals surface area contributed by atoms with Crippen molar-refractivity contribution in [3.8, 4) is 0 Å². The van der Waals surface area contributed by atoms with Crippen LogP contribution in [-0.4, -0.2) is 47.9 Å². The first-order valence-corrected chi connectivity index (χ1v) is 8.60. The molecule has 6 nitrogen and oxygen atoms in total. The number of nitrogens with one attached hydrogen (secondary N) is 1. The van der Waals surface area contributed by atoms with E-state index in [0.29, 0.717) is 24.7 Å². The van der Waals surface area contributed by atoms with E-state index in [9.17, 15) is 9.59 Å². The van der Waals surface area contributed by atoms with E-state index in [4.69, 9.17) is 15.2 Å². The molecule has 7 heteroatoms. The van der Waals surface area contributed by atoms with Gasteiger partial charge in [-0.25, -0.2) is 4.79 Å². The molecule has 1 amide bonds. The molecule has 0 aromatic rings. The first-order chi connectivity index (χ1) is 9.94. The van der Waals surface area contributed by atoms with E-state index in [0.717, 1.165) is 0 Å². The molecule has 0 aliphatic heterocycles. The lowest BCUT2D eigenvalue weighted by atomic mass is 10.1. The molecule has 0 aliphatic carbocycles. The fourth-order valence-corrected chi connectivity index (χ4v) is 2.22. The Balaban J connectivity index is 3.89. The number of carbonyl (C=O) groups is 2. The predicted molar refractivity (Wildman–Crippen MR) is 90.0 cm³/mol. The molecule has 3 N–H and O–H groups in total. The maximum absolute atomic E-state index is 11.8. The minimum atomic E-state index is -1.02. The SMILES string of the molecule is CC(C)COC(=O)C(C)(N)CSCCNC(=O)OC(C)(C)C. The van der Waals surface area contributed by atoms with Gasteiger partial charge in [0.25, 0.3) is 0 Å². The smallest absolute Gasteiger partial charge is 0.407 e. The van der Waals surface area contributed by atoms with Gasteiger partial charge in [0, 0.05) is 18.1 Å². The average Bonchev–Trinajstić information content (AvgIpc) is 2.32. The molecule has 130 valence electrons. The van der Waals surface area contributed by atoms with Gasteiger partial charge in [-0.1, -0.05) is 13.8 Å². The quantitative estimate of drug-likeness (QED) is 0.522. The Kier molecular flexibility index (Phi) is 8.85. The molecule has 0 saturated heterocycles. The van der Waals surface area contributed by atoms with Crippen LogP contribution in [-0.2, 0) is 14.3 Å². The van der Waals surface area contributed by atoms with Gasteiger partial charge in [0.05, 0.1) is 6.61 Å². The number of hydrogen-bond acceptors (Lipinski definition) is 6. The van der Waals surface area contributed by atoms with E-state index >= 15 is 0 Å². The number of rotatable bonds is 8. The predicted octanol–water partition coefficient (Wildman–Crippen LogP) is 2.16. The molecule has 0 saturated carbocycles. The number of thioether (sulfide) groups is 1. The summed E-state index contributed by atoms with van der Waals surface area (Å²) >= 11 is 1.49. The lowest BCUT2D eigenvalue weighted by Crippen LogP contribution is -2.49. The summed E-state index contributed by atoms with van der Waals surface area (Å²) in [5.41, 5.74) is 4.44. The monoisotopic (exact) mass is 334 g/mol. The summed E-state index contributed by atoms with van der Waals surface area (Å²) in [5, 5.41) is 2.66. The molecule has 0 aromatic heterocycles. The number of nitrogens with two attached hydrogens (primary N) is 1. The number of hydrogen-bond donors (Lipinski definition) is 2. The summed E-state index contributed by atoms with van der Waals surface area (Å²) in [7, 11) is 0. The van der Waals surface area contributed by atoms with E-state index in [-0.39, 0.29) is 5.92 Å². The Hall–Kier alpha value is -0.950. The van der Waals surface area contributed by atoms with Gasteiger partial charge in [-0.2, -0.15) is 11.8 Å². The van der Waals surface area contributed by atoms with Gasteiger partial charge in [-0.3, -0.25) is 4.79 Å². The van der Waals surface area contributed by atoms with Crippen molar-refractivity contribution in [3.63, 3.8) is 0 Å². The summed E-state index contributed by atoms with van der Waals surface area (Å²) in [6, 6.07) is 0. The number of carbonyl (C=O) groups excluding carboxylic acids is 2. The highest BCUT2D eigenvalue weighted by molar-refractivity contribution is 7.99.